The molecular formula is C17H23N3O. The molecule has 112 valence electrons. The first kappa shape index (κ1) is 15.4. The molecule has 4 nitrogen and oxygen atoms in total. The number of aromatic nitrogens is 2. The van der Waals surface area contributed by atoms with Gasteiger partial charge < -0.3 is 10.1 Å². The number of ether oxygens (including phenoxy) is 1. The predicted octanol–water partition coefficient (Wildman–Crippen LogP) is 3.73. The summed E-state index contributed by atoms with van der Waals surface area (Å²) in [5, 5.41) is 3.33. The standard InChI is InChI=1S/C17H23N3O/c1-5-8-18-16-10-14(11-21-4)19-17(20-16)15-9-12(2)6-7-13(15)3/h6-7,9-10H,5,8,11H2,1-4H3,(H,18,19,20). The van der Waals surface area contributed by atoms with Crippen LogP contribution in [-0.4, -0.2) is 23.6 Å². The van der Waals surface area contributed by atoms with E-state index in [1.54, 1.807) is 7.11 Å². The molecule has 0 bridgehead atoms. The molecule has 0 aliphatic carbocycles. The number of nitrogens with zero attached hydrogens (tertiary/aromatic N) is 2. The molecule has 1 N–H and O–H groups in total. The van der Waals surface area contributed by atoms with Crippen LogP contribution in [-0.2, 0) is 11.3 Å². The lowest BCUT2D eigenvalue weighted by Gasteiger charge is -2.11. The molecule has 0 saturated heterocycles. The van der Waals surface area contributed by atoms with E-state index in [-0.39, 0.29) is 0 Å². The molecule has 0 amide bonds. The SMILES string of the molecule is CCCNc1cc(COC)nc(-c2cc(C)ccc2C)n1. The molecule has 1 aromatic heterocycles. The minimum Gasteiger partial charge on any atom is -0.378 e. The van der Waals surface area contributed by atoms with E-state index in [0.29, 0.717) is 6.61 Å². The molecule has 1 heterocycles. The van der Waals surface area contributed by atoms with Crippen LogP contribution in [0.3, 0.4) is 0 Å². The summed E-state index contributed by atoms with van der Waals surface area (Å²) < 4.78 is 5.21. The highest BCUT2D eigenvalue weighted by Crippen LogP contribution is 2.23. The second kappa shape index (κ2) is 7.18. The molecule has 1 aromatic carbocycles. The molecular weight excluding hydrogens is 262 g/mol. The Balaban J connectivity index is 2.45. The smallest absolute Gasteiger partial charge is 0.162 e. The summed E-state index contributed by atoms with van der Waals surface area (Å²) in [7, 11) is 1.68. The molecule has 0 spiro atoms. The Bertz CT molecular complexity index is 611. The monoisotopic (exact) mass is 285 g/mol. The Morgan fingerprint density at radius 1 is 1.14 bits per heavy atom. The fraction of sp³-hybridized carbons (Fsp3) is 0.412. The number of rotatable bonds is 6. The molecule has 0 aliphatic rings. The van der Waals surface area contributed by atoms with E-state index < -0.39 is 0 Å². The minimum atomic E-state index is 0.487. The molecule has 0 atom stereocenters. The number of aryl methyl sites for hydroxylation is 2. The average molecular weight is 285 g/mol. The van der Waals surface area contributed by atoms with E-state index in [0.717, 1.165) is 35.9 Å². The van der Waals surface area contributed by atoms with Gasteiger partial charge in [0.1, 0.15) is 5.82 Å². The number of methoxy groups -OCH3 is 1. The second-order valence-corrected chi connectivity index (χ2v) is 5.25. The normalized spacial score (nSPS) is 10.7. The van der Waals surface area contributed by atoms with Gasteiger partial charge in [-0.2, -0.15) is 0 Å². The molecule has 21 heavy (non-hydrogen) atoms. The average Bonchev–Trinajstić information content (AvgIpc) is 2.48. The lowest BCUT2D eigenvalue weighted by atomic mass is 10.1. The fourth-order valence-corrected chi connectivity index (χ4v) is 2.16. The van der Waals surface area contributed by atoms with Crippen molar-refractivity contribution >= 4 is 5.82 Å². The van der Waals surface area contributed by atoms with Crippen LogP contribution in [0.5, 0.6) is 0 Å². The number of anilines is 1. The molecule has 2 aromatic rings. The molecule has 0 unspecified atom stereocenters. The van der Waals surface area contributed by atoms with Gasteiger partial charge >= 0.3 is 0 Å². The van der Waals surface area contributed by atoms with Gasteiger partial charge in [0.2, 0.25) is 0 Å². The number of nitrogens with one attached hydrogen (secondary N) is 1. The fourth-order valence-electron chi connectivity index (χ4n) is 2.16. The quantitative estimate of drug-likeness (QED) is 0.878. The van der Waals surface area contributed by atoms with Crippen molar-refractivity contribution in [2.24, 2.45) is 0 Å². The van der Waals surface area contributed by atoms with Gasteiger partial charge in [0.05, 0.1) is 12.3 Å². The zero-order chi connectivity index (χ0) is 15.2. The summed E-state index contributed by atoms with van der Waals surface area (Å²) in [4.78, 5) is 9.27. The zero-order valence-corrected chi connectivity index (χ0v) is 13.2. The van der Waals surface area contributed by atoms with Gasteiger partial charge in [-0.15, -0.1) is 0 Å². The maximum atomic E-state index is 5.21. The van der Waals surface area contributed by atoms with E-state index >= 15 is 0 Å². The van der Waals surface area contributed by atoms with Crippen LogP contribution in [0.15, 0.2) is 24.3 Å². The van der Waals surface area contributed by atoms with Gasteiger partial charge in [0, 0.05) is 25.3 Å². The Hall–Kier alpha value is -1.94. The van der Waals surface area contributed by atoms with Crippen molar-refractivity contribution in [3.63, 3.8) is 0 Å². The molecule has 0 aliphatic heterocycles. The van der Waals surface area contributed by atoms with E-state index in [1.165, 1.54) is 11.1 Å². The number of hydrogen-bond donors (Lipinski definition) is 1. The van der Waals surface area contributed by atoms with E-state index in [4.69, 9.17) is 4.74 Å². The molecule has 2 rings (SSSR count). The number of hydrogen-bond acceptors (Lipinski definition) is 4. The Morgan fingerprint density at radius 2 is 1.95 bits per heavy atom. The Labute approximate surface area is 126 Å². The first-order chi connectivity index (χ1) is 10.1. The van der Waals surface area contributed by atoms with Crippen LogP contribution in [0.2, 0.25) is 0 Å². The first-order valence-corrected chi connectivity index (χ1v) is 7.32. The Kier molecular flexibility index (Phi) is 5.28. The number of benzene rings is 1. The summed E-state index contributed by atoms with van der Waals surface area (Å²) in [6.45, 7) is 7.69. The highest BCUT2D eigenvalue weighted by Gasteiger charge is 2.09. The second-order valence-electron chi connectivity index (χ2n) is 5.25. The predicted molar refractivity (Wildman–Crippen MR) is 86.4 cm³/mol. The van der Waals surface area contributed by atoms with E-state index in [1.807, 2.05) is 6.07 Å². The van der Waals surface area contributed by atoms with Crippen LogP contribution < -0.4 is 5.32 Å². The van der Waals surface area contributed by atoms with Crippen molar-refractivity contribution in [2.45, 2.75) is 33.8 Å². The van der Waals surface area contributed by atoms with Gasteiger partial charge in [-0.25, -0.2) is 9.97 Å². The van der Waals surface area contributed by atoms with E-state index in [9.17, 15) is 0 Å². The first-order valence-electron chi connectivity index (χ1n) is 7.32. The third kappa shape index (κ3) is 4.02. The summed E-state index contributed by atoms with van der Waals surface area (Å²) >= 11 is 0. The van der Waals surface area contributed by atoms with Crippen LogP contribution in [0.4, 0.5) is 5.82 Å². The highest BCUT2D eigenvalue weighted by atomic mass is 16.5. The summed E-state index contributed by atoms with van der Waals surface area (Å²) in [6, 6.07) is 8.29. The van der Waals surface area contributed by atoms with Crippen LogP contribution in [0.25, 0.3) is 11.4 Å². The lowest BCUT2D eigenvalue weighted by Crippen LogP contribution is -2.06. The molecule has 4 heteroatoms. The topological polar surface area (TPSA) is 47.0 Å². The maximum Gasteiger partial charge on any atom is 0.162 e. The minimum absolute atomic E-state index is 0.487. The summed E-state index contributed by atoms with van der Waals surface area (Å²) in [5.74, 6) is 1.61. The zero-order valence-electron chi connectivity index (χ0n) is 13.2. The van der Waals surface area contributed by atoms with Gasteiger partial charge in [0.15, 0.2) is 5.82 Å². The lowest BCUT2D eigenvalue weighted by molar-refractivity contribution is 0.181. The van der Waals surface area contributed by atoms with E-state index in [2.05, 4.69) is 54.3 Å². The Morgan fingerprint density at radius 3 is 2.67 bits per heavy atom. The van der Waals surface area contributed by atoms with Gasteiger partial charge in [-0.3, -0.25) is 0 Å². The van der Waals surface area contributed by atoms with Crippen LogP contribution in [0.1, 0.15) is 30.2 Å². The third-order valence-corrected chi connectivity index (χ3v) is 3.26. The molecule has 0 fully saturated rings. The third-order valence-electron chi connectivity index (χ3n) is 3.26. The summed E-state index contributed by atoms with van der Waals surface area (Å²) in [5.41, 5.74) is 4.35. The van der Waals surface area contributed by atoms with Crippen LogP contribution >= 0.6 is 0 Å². The van der Waals surface area contributed by atoms with Crippen LogP contribution in [0, 0.1) is 13.8 Å². The van der Waals surface area contributed by atoms with Crippen molar-refractivity contribution in [3.8, 4) is 11.4 Å². The summed E-state index contributed by atoms with van der Waals surface area (Å²) in [6.07, 6.45) is 1.06. The maximum absolute atomic E-state index is 5.21. The van der Waals surface area contributed by atoms with Crippen molar-refractivity contribution in [2.75, 3.05) is 19.0 Å². The highest BCUT2D eigenvalue weighted by molar-refractivity contribution is 5.62. The largest absolute Gasteiger partial charge is 0.378 e. The van der Waals surface area contributed by atoms with Crippen molar-refractivity contribution in [3.05, 3.63) is 41.1 Å². The van der Waals surface area contributed by atoms with Crippen molar-refractivity contribution in [1.29, 1.82) is 0 Å². The molecule has 0 radical (unpaired) electrons. The van der Waals surface area contributed by atoms with Gasteiger partial charge in [0.25, 0.3) is 0 Å². The van der Waals surface area contributed by atoms with Gasteiger partial charge in [-0.1, -0.05) is 24.6 Å². The van der Waals surface area contributed by atoms with Gasteiger partial charge in [-0.05, 0) is 31.9 Å². The van der Waals surface area contributed by atoms with Crippen molar-refractivity contribution in [1.82, 2.24) is 9.97 Å². The van der Waals surface area contributed by atoms with Crippen molar-refractivity contribution < 1.29 is 4.74 Å². The molecule has 0 saturated carbocycles.